The summed E-state index contributed by atoms with van der Waals surface area (Å²) in [6.45, 7) is 10.8. The van der Waals surface area contributed by atoms with E-state index in [0.717, 1.165) is 30.8 Å². The van der Waals surface area contributed by atoms with Gasteiger partial charge in [0.15, 0.2) is 0 Å². The number of piperazine rings is 1. The van der Waals surface area contributed by atoms with Gasteiger partial charge in [-0.1, -0.05) is 6.08 Å². The number of fused-ring (bicyclic) bond motifs is 2. The number of aliphatic hydroxyl groups is 1. The van der Waals surface area contributed by atoms with Gasteiger partial charge in [0.25, 0.3) is 0 Å². The van der Waals surface area contributed by atoms with E-state index in [0.29, 0.717) is 18.1 Å². The molecule has 3 atom stereocenters. The van der Waals surface area contributed by atoms with Gasteiger partial charge in [0.05, 0.1) is 24.6 Å². The number of hydrogen-bond acceptors (Lipinski definition) is 7. The fourth-order valence-electron chi connectivity index (χ4n) is 4.90. The fraction of sp³-hybridized carbons (Fsp3) is 0.583. The molecule has 3 saturated heterocycles. The molecule has 2 bridgehead atoms. The Bertz CT molecular complexity index is 1010. The molecule has 6 heterocycles. The maximum atomic E-state index is 10.3. The lowest BCUT2D eigenvalue weighted by molar-refractivity contribution is -0.209. The number of nitrogens with one attached hydrogen (secondary N) is 2. The van der Waals surface area contributed by atoms with Crippen LogP contribution in [0.1, 0.15) is 51.3 Å². The van der Waals surface area contributed by atoms with E-state index in [9.17, 15) is 5.11 Å². The second kappa shape index (κ2) is 8.39. The number of ether oxygens (including phenoxy) is 1. The molecule has 0 radical (unpaired) electrons. The zero-order valence-electron chi connectivity index (χ0n) is 19.9. The molecule has 2 aromatic rings. The Hall–Kier alpha value is -2.46. The standard InChI is InChI=1S/C24H35N7O2/c1-17(2)31-13-18(8-28-31)12-30-21-7-22(30)15-29(14-21)24(33-16-23(3,4)32)6-5-19(9-25-24)20-10-26-27-11-20/h5-6,8-11,13,17,21-22,25,32H,7,12,14-16H2,1-4H3,(H,26,27). The van der Waals surface area contributed by atoms with E-state index in [1.165, 1.54) is 12.0 Å². The predicted octanol–water partition coefficient (Wildman–Crippen LogP) is 2.09. The number of dihydropyridines is 1. The summed E-state index contributed by atoms with van der Waals surface area (Å²) in [7, 11) is 0. The van der Waals surface area contributed by atoms with Crippen molar-refractivity contribution in [2.75, 3.05) is 19.7 Å². The molecule has 4 aliphatic heterocycles. The molecule has 3 unspecified atom stereocenters. The number of aromatic amines is 1. The lowest BCUT2D eigenvalue weighted by atomic mass is 9.86. The molecule has 0 aliphatic carbocycles. The van der Waals surface area contributed by atoms with Gasteiger partial charge in [-0.2, -0.15) is 10.2 Å². The Morgan fingerprint density at radius 2 is 2.06 bits per heavy atom. The minimum absolute atomic E-state index is 0.225. The number of hydrogen-bond donors (Lipinski definition) is 3. The molecule has 3 fully saturated rings. The van der Waals surface area contributed by atoms with Crippen LogP contribution in [0.4, 0.5) is 0 Å². The average Bonchev–Trinajstić information content (AvgIpc) is 3.48. The molecule has 0 spiro atoms. The number of allylic oxidation sites excluding steroid dienone is 2. The van der Waals surface area contributed by atoms with Crippen LogP contribution in [0.5, 0.6) is 0 Å². The molecule has 0 saturated carbocycles. The largest absolute Gasteiger partial charge is 0.388 e. The topological polar surface area (TPSA) is 94.5 Å². The summed E-state index contributed by atoms with van der Waals surface area (Å²) >= 11 is 0. The molecule has 0 amide bonds. The number of nitrogens with zero attached hydrogens (tertiary/aromatic N) is 5. The average molecular weight is 454 g/mol. The number of H-pyrrole nitrogens is 1. The van der Waals surface area contributed by atoms with Crippen molar-refractivity contribution >= 4 is 5.57 Å². The van der Waals surface area contributed by atoms with E-state index < -0.39 is 11.4 Å². The summed E-state index contributed by atoms with van der Waals surface area (Å²) in [5.74, 6) is -0.779. The molecule has 178 valence electrons. The highest BCUT2D eigenvalue weighted by Gasteiger charge is 2.50. The van der Waals surface area contributed by atoms with Gasteiger partial charge in [0, 0.05) is 73.1 Å². The fourth-order valence-corrected chi connectivity index (χ4v) is 4.90. The molecule has 3 N–H and O–H groups in total. The number of rotatable bonds is 8. The highest BCUT2D eigenvalue weighted by Crippen LogP contribution is 2.38. The van der Waals surface area contributed by atoms with Crippen LogP contribution in [0, 0.1) is 0 Å². The van der Waals surface area contributed by atoms with Gasteiger partial charge >= 0.3 is 0 Å². The SMILES string of the molecule is CC(C)n1cc(CN2C3CC2CN(C2(OCC(C)(C)O)C=CC(c4cn[nH]c4)=CN2)C3)cn1. The number of piperidine rings is 1. The molecular formula is C24H35N7O2. The Morgan fingerprint density at radius 3 is 2.64 bits per heavy atom. The van der Waals surface area contributed by atoms with Gasteiger partial charge in [-0.05, 0) is 40.2 Å². The molecule has 2 aromatic heterocycles. The monoisotopic (exact) mass is 453 g/mol. The molecule has 0 aromatic carbocycles. The first kappa shape index (κ1) is 22.3. The van der Waals surface area contributed by atoms with Crippen LogP contribution in [0.15, 0.2) is 43.1 Å². The van der Waals surface area contributed by atoms with Crippen LogP contribution < -0.4 is 5.32 Å². The molecular weight excluding hydrogens is 418 g/mol. The zero-order chi connectivity index (χ0) is 23.2. The van der Waals surface area contributed by atoms with Crippen LogP contribution in [0.25, 0.3) is 5.57 Å². The zero-order valence-corrected chi connectivity index (χ0v) is 19.9. The first-order valence-corrected chi connectivity index (χ1v) is 11.8. The van der Waals surface area contributed by atoms with E-state index in [2.05, 4.69) is 62.6 Å². The minimum atomic E-state index is -0.918. The van der Waals surface area contributed by atoms with Gasteiger partial charge in [-0.15, -0.1) is 0 Å². The first-order valence-electron chi connectivity index (χ1n) is 11.8. The van der Waals surface area contributed by atoms with Gasteiger partial charge in [0.1, 0.15) is 0 Å². The minimum Gasteiger partial charge on any atom is -0.388 e. The van der Waals surface area contributed by atoms with Crippen molar-refractivity contribution in [1.82, 2.24) is 35.1 Å². The Balaban J connectivity index is 1.29. The number of aromatic nitrogens is 4. The third kappa shape index (κ3) is 4.50. The van der Waals surface area contributed by atoms with Crippen LogP contribution >= 0.6 is 0 Å². The van der Waals surface area contributed by atoms with Crippen molar-refractivity contribution in [3.8, 4) is 0 Å². The molecule has 9 nitrogen and oxygen atoms in total. The van der Waals surface area contributed by atoms with E-state index in [4.69, 9.17) is 4.74 Å². The molecule has 33 heavy (non-hydrogen) atoms. The highest BCUT2D eigenvalue weighted by molar-refractivity contribution is 5.74. The first-order chi connectivity index (χ1) is 15.7. The van der Waals surface area contributed by atoms with Gasteiger partial charge in [0.2, 0.25) is 5.85 Å². The quantitative estimate of drug-likeness (QED) is 0.563. The van der Waals surface area contributed by atoms with Crippen molar-refractivity contribution in [3.05, 3.63) is 54.3 Å². The summed E-state index contributed by atoms with van der Waals surface area (Å²) in [5.41, 5.74) is 2.41. The van der Waals surface area contributed by atoms with Crippen molar-refractivity contribution < 1.29 is 9.84 Å². The van der Waals surface area contributed by atoms with Crippen LogP contribution in [-0.4, -0.2) is 78.1 Å². The van der Waals surface area contributed by atoms with E-state index in [-0.39, 0.29) is 6.61 Å². The lowest BCUT2D eigenvalue weighted by Crippen LogP contribution is -2.74. The van der Waals surface area contributed by atoms with Gasteiger partial charge < -0.3 is 15.2 Å². The van der Waals surface area contributed by atoms with E-state index >= 15 is 0 Å². The maximum Gasteiger partial charge on any atom is 0.218 e. The predicted molar refractivity (Wildman–Crippen MR) is 126 cm³/mol. The summed E-state index contributed by atoms with van der Waals surface area (Å²) < 4.78 is 8.40. The second-order valence-electron chi connectivity index (χ2n) is 10.4. The third-order valence-corrected chi connectivity index (χ3v) is 6.76. The maximum absolute atomic E-state index is 10.3. The lowest BCUT2D eigenvalue weighted by Gasteiger charge is -2.60. The summed E-state index contributed by atoms with van der Waals surface area (Å²) in [6.07, 6.45) is 15.2. The molecule has 4 aliphatic rings. The second-order valence-corrected chi connectivity index (χ2v) is 10.4. The Labute approximate surface area is 195 Å². The van der Waals surface area contributed by atoms with Crippen molar-refractivity contribution in [1.29, 1.82) is 0 Å². The summed E-state index contributed by atoms with van der Waals surface area (Å²) in [5, 5.41) is 25.2. The summed E-state index contributed by atoms with van der Waals surface area (Å²) in [6, 6.07) is 1.33. The highest BCUT2D eigenvalue weighted by atomic mass is 16.5. The van der Waals surface area contributed by atoms with Crippen molar-refractivity contribution in [2.45, 2.75) is 70.2 Å². The van der Waals surface area contributed by atoms with Crippen molar-refractivity contribution in [3.63, 3.8) is 0 Å². The smallest absolute Gasteiger partial charge is 0.218 e. The van der Waals surface area contributed by atoms with Crippen LogP contribution in [0.2, 0.25) is 0 Å². The van der Waals surface area contributed by atoms with Crippen molar-refractivity contribution in [2.24, 2.45) is 0 Å². The van der Waals surface area contributed by atoms with E-state index in [1.807, 2.05) is 23.3 Å². The molecule has 9 heteroatoms. The van der Waals surface area contributed by atoms with Gasteiger partial charge in [-0.25, -0.2) is 0 Å². The Kier molecular flexibility index (Phi) is 5.68. The molecule has 6 rings (SSSR count). The van der Waals surface area contributed by atoms with E-state index in [1.54, 1.807) is 20.0 Å². The Morgan fingerprint density at radius 1 is 1.27 bits per heavy atom. The third-order valence-electron chi connectivity index (χ3n) is 6.76. The summed E-state index contributed by atoms with van der Waals surface area (Å²) in [4.78, 5) is 4.95. The van der Waals surface area contributed by atoms with Crippen LogP contribution in [-0.2, 0) is 11.3 Å². The van der Waals surface area contributed by atoms with Gasteiger partial charge in [-0.3, -0.25) is 19.6 Å². The normalized spacial score (nSPS) is 28.0. The van der Waals surface area contributed by atoms with Crippen LogP contribution in [0.3, 0.4) is 0 Å².